The summed E-state index contributed by atoms with van der Waals surface area (Å²) in [5, 5.41) is 3.43. The second-order valence-electron chi connectivity index (χ2n) is 4.51. The predicted molar refractivity (Wildman–Crippen MR) is 67.2 cm³/mol. The highest BCUT2D eigenvalue weighted by Crippen LogP contribution is 2.23. The van der Waals surface area contributed by atoms with Crippen LogP contribution in [0, 0.1) is 5.92 Å². The zero-order valence-corrected chi connectivity index (χ0v) is 10.2. The summed E-state index contributed by atoms with van der Waals surface area (Å²) in [7, 11) is 3.86. The summed E-state index contributed by atoms with van der Waals surface area (Å²) in [6.07, 6.45) is 0. The van der Waals surface area contributed by atoms with Crippen molar-refractivity contribution in [3.05, 3.63) is 24.3 Å². The van der Waals surface area contributed by atoms with Crippen LogP contribution in [0.25, 0.3) is 0 Å². The first-order valence-electron chi connectivity index (χ1n) is 5.80. The molecule has 1 N–H and O–H groups in total. The van der Waals surface area contributed by atoms with E-state index < -0.39 is 0 Å². The molecule has 2 atom stereocenters. The van der Waals surface area contributed by atoms with Crippen LogP contribution in [0.15, 0.2) is 24.3 Å². The van der Waals surface area contributed by atoms with Crippen LogP contribution >= 0.6 is 0 Å². The Labute approximate surface area is 97.4 Å². The van der Waals surface area contributed by atoms with Gasteiger partial charge >= 0.3 is 0 Å². The lowest BCUT2D eigenvalue weighted by atomic mass is 10.0. The van der Waals surface area contributed by atoms with Gasteiger partial charge in [0.1, 0.15) is 5.75 Å². The smallest absolute Gasteiger partial charge is 0.119 e. The van der Waals surface area contributed by atoms with E-state index in [0.29, 0.717) is 12.0 Å². The van der Waals surface area contributed by atoms with Gasteiger partial charge in [-0.25, -0.2) is 0 Å². The van der Waals surface area contributed by atoms with Crippen molar-refractivity contribution in [3.8, 4) is 5.75 Å². The third kappa shape index (κ3) is 2.14. The van der Waals surface area contributed by atoms with Crippen LogP contribution < -0.4 is 15.0 Å². The molecule has 0 bridgehead atoms. The van der Waals surface area contributed by atoms with Crippen LogP contribution in [0.1, 0.15) is 6.92 Å². The van der Waals surface area contributed by atoms with Crippen molar-refractivity contribution in [3.63, 3.8) is 0 Å². The molecule has 88 valence electrons. The summed E-state index contributed by atoms with van der Waals surface area (Å²) in [5.74, 6) is 1.61. The maximum atomic E-state index is 5.16. The fourth-order valence-corrected chi connectivity index (χ4v) is 2.32. The molecule has 1 saturated heterocycles. The highest BCUT2D eigenvalue weighted by atomic mass is 16.5. The van der Waals surface area contributed by atoms with E-state index in [9.17, 15) is 0 Å². The highest BCUT2D eigenvalue weighted by Gasteiger charge is 2.26. The molecule has 3 nitrogen and oxygen atoms in total. The number of hydrogen-bond donors (Lipinski definition) is 1. The van der Waals surface area contributed by atoms with Crippen LogP contribution in [0.4, 0.5) is 5.69 Å². The molecule has 0 aliphatic carbocycles. The molecule has 3 heteroatoms. The van der Waals surface area contributed by atoms with Crippen molar-refractivity contribution < 1.29 is 4.74 Å². The molecular formula is C13H20N2O. The number of nitrogens with zero attached hydrogens (tertiary/aromatic N) is 1. The van der Waals surface area contributed by atoms with E-state index in [4.69, 9.17) is 4.74 Å². The average molecular weight is 220 g/mol. The Morgan fingerprint density at radius 1 is 1.25 bits per heavy atom. The van der Waals surface area contributed by atoms with Crippen molar-refractivity contribution in [1.29, 1.82) is 0 Å². The summed E-state index contributed by atoms with van der Waals surface area (Å²) in [5.41, 5.74) is 1.25. The molecule has 0 spiro atoms. The predicted octanol–water partition coefficient (Wildman–Crippen LogP) is 1.74. The number of benzene rings is 1. The van der Waals surface area contributed by atoms with Gasteiger partial charge in [-0.15, -0.1) is 0 Å². The third-order valence-corrected chi connectivity index (χ3v) is 3.45. The van der Waals surface area contributed by atoms with Gasteiger partial charge in [0.15, 0.2) is 0 Å². The molecule has 1 aliphatic heterocycles. The molecule has 1 fully saturated rings. The second-order valence-corrected chi connectivity index (χ2v) is 4.51. The number of methoxy groups -OCH3 is 1. The molecule has 0 amide bonds. The van der Waals surface area contributed by atoms with Gasteiger partial charge in [-0.3, -0.25) is 0 Å². The van der Waals surface area contributed by atoms with E-state index in [1.165, 1.54) is 5.69 Å². The Balaban J connectivity index is 2.10. The van der Waals surface area contributed by atoms with Crippen molar-refractivity contribution in [2.45, 2.75) is 13.0 Å². The van der Waals surface area contributed by atoms with Gasteiger partial charge in [0.25, 0.3) is 0 Å². The molecule has 2 unspecified atom stereocenters. The van der Waals surface area contributed by atoms with Gasteiger partial charge in [0.05, 0.1) is 7.11 Å². The SMILES string of the molecule is COc1ccc(N(C)C2CNCC2C)cc1. The van der Waals surface area contributed by atoms with E-state index in [0.717, 1.165) is 18.8 Å². The molecule has 1 aliphatic rings. The van der Waals surface area contributed by atoms with Crippen molar-refractivity contribution in [1.82, 2.24) is 5.32 Å². The van der Waals surface area contributed by atoms with Crippen LogP contribution in [0.2, 0.25) is 0 Å². The first-order chi connectivity index (χ1) is 7.72. The summed E-state index contributed by atoms with van der Waals surface area (Å²) < 4.78 is 5.16. The Hall–Kier alpha value is -1.22. The molecule has 2 rings (SSSR count). The minimum Gasteiger partial charge on any atom is -0.497 e. The minimum atomic E-state index is 0.591. The molecule has 16 heavy (non-hydrogen) atoms. The Bertz CT molecular complexity index is 336. The molecule has 0 aromatic heterocycles. The highest BCUT2D eigenvalue weighted by molar-refractivity contribution is 5.49. The van der Waals surface area contributed by atoms with Gasteiger partial charge in [-0.2, -0.15) is 0 Å². The van der Waals surface area contributed by atoms with Crippen molar-refractivity contribution in [2.24, 2.45) is 5.92 Å². The lowest BCUT2D eigenvalue weighted by Crippen LogP contribution is -2.36. The fourth-order valence-electron chi connectivity index (χ4n) is 2.32. The van der Waals surface area contributed by atoms with E-state index >= 15 is 0 Å². The van der Waals surface area contributed by atoms with Crippen LogP contribution in [-0.4, -0.2) is 33.3 Å². The zero-order chi connectivity index (χ0) is 11.5. The number of anilines is 1. The van der Waals surface area contributed by atoms with Gasteiger partial charge in [0.2, 0.25) is 0 Å². The van der Waals surface area contributed by atoms with E-state index in [1.54, 1.807) is 7.11 Å². The van der Waals surface area contributed by atoms with Crippen LogP contribution in [0.5, 0.6) is 5.75 Å². The lowest BCUT2D eigenvalue weighted by Gasteiger charge is -2.29. The lowest BCUT2D eigenvalue weighted by molar-refractivity contribution is 0.414. The summed E-state index contributed by atoms with van der Waals surface area (Å²) in [6, 6.07) is 8.85. The number of likely N-dealkylation sites (N-methyl/N-ethyl adjacent to an activating group) is 1. The number of rotatable bonds is 3. The fraction of sp³-hybridized carbons (Fsp3) is 0.538. The molecular weight excluding hydrogens is 200 g/mol. The summed E-state index contributed by atoms with van der Waals surface area (Å²) >= 11 is 0. The first-order valence-corrected chi connectivity index (χ1v) is 5.80. The van der Waals surface area contributed by atoms with Crippen molar-refractivity contribution in [2.75, 3.05) is 32.1 Å². The monoisotopic (exact) mass is 220 g/mol. The molecule has 0 radical (unpaired) electrons. The Morgan fingerprint density at radius 2 is 1.94 bits per heavy atom. The van der Waals surface area contributed by atoms with Crippen LogP contribution in [-0.2, 0) is 0 Å². The number of hydrogen-bond acceptors (Lipinski definition) is 3. The van der Waals surface area contributed by atoms with E-state index in [-0.39, 0.29) is 0 Å². The first kappa shape index (κ1) is 11.3. The Morgan fingerprint density at radius 3 is 2.44 bits per heavy atom. The third-order valence-electron chi connectivity index (χ3n) is 3.45. The molecule has 0 saturated carbocycles. The normalized spacial score (nSPS) is 24.4. The molecule has 1 aromatic rings. The number of ether oxygens (including phenoxy) is 1. The summed E-state index contributed by atoms with van der Waals surface area (Å²) in [4.78, 5) is 2.35. The average Bonchev–Trinajstić information content (AvgIpc) is 2.75. The van der Waals surface area contributed by atoms with Gasteiger partial charge < -0.3 is 15.0 Å². The summed E-state index contributed by atoms with van der Waals surface area (Å²) in [6.45, 7) is 4.49. The standard InChI is InChI=1S/C13H20N2O/c1-10-8-14-9-13(10)15(2)11-4-6-12(16-3)7-5-11/h4-7,10,13-14H,8-9H2,1-3H3. The molecule has 1 heterocycles. The quantitative estimate of drug-likeness (QED) is 0.839. The molecule has 1 aromatic carbocycles. The van der Waals surface area contributed by atoms with Gasteiger partial charge in [0, 0.05) is 25.3 Å². The topological polar surface area (TPSA) is 24.5 Å². The van der Waals surface area contributed by atoms with E-state index in [1.807, 2.05) is 12.1 Å². The van der Waals surface area contributed by atoms with E-state index in [2.05, 4.69) is 36.3 Å². The maximum Gasteiger partial charge on any atom is 0.119 e. The second kappa shape index (κ2) is 4.74. The number of nitrogens with one attached hydrogen (secondary N) is 1. The van der Waals surface area contributed by atoms with Crippen molar-refractivity contribution >= 4 is 5.69 Å². The van der Waals surface area contributed by atoms with Gasteiger partial charge in [-0.05, 0) is 36.7 Å². The zero-order valence-electron chi connectivity index (χ0n) is 10.2. The minimum absolute atomic E-state index is 0.591. The Kier molecular flexibility index (Phi) is 3.34. The van der Waals surface area contributed by atoms with Gasteiger partial charge in [-0.1, -0.05) is 6.92 Å². The maximum absolute atomic E-state index is 5.16. The largest absolute Gasteiger partial charge is 0.497 e. The van der Waals surface area contributed by atoms with Crippen LogP contribution in [0.3, 0.4) is 0 Å².